The third-order valence-electron chi connectivity index (χ3n) is 7.25. The number of hydrogen-bond acceptors (Lipinski definition) is 7. The molecular weight excluding hydrogens is 448 g/mol. The molecule has 0 N–H and O–H groups in total. The summed E-state index contributed by atoms with van der Waals surface area (Å²) in [6.45, 7) is 7.84. The van der Waals surface area contributed by atoms with Crippen molar-refractivity contribution in [3.8, 4) is 5.75 Å². The molecule has 0 spiro atoms. The van der Waals surface area contributed by atoms with E-state index in [0.717, 1.165) is 23.4 Å². The van der Waals surface area contributed by atoms with Crippen LogP contribution in [0.2, 0.25) is 0 Å². The minimum Gasteiger partial charge on any atom is -0.494 e. The first-order chi connectivity index (χ1) is 16.7. The number of carbonyl (C=O) groups is 2. The Hall–Kier alpha value is -3.13. The molecule has 8 heteroatoms. The average molecular weight is 481 g/mol. The zero-order chi connectivity index (χ0) is 24.8. The van der Waals surface area contributed by atoms with Crippen LogP contribution in [0.3, 0.4) is 0 Å². The highest BCUT2D eigenvalue weighted by molar-refractivity contribution is 6.02. The number of benzene rings is 1. The second-order valence-corrected chi connectivity index (χ2v) is 10.4. The van der Waals surface area contributed by atoms with Crippen molar-refractivity contribution in [1.82, 2.24) is 9.47 Å². The lowest BCUT2D eigenvalue weighted by molar-refractivity contribution is -0.252. The summed E-state index contributed by atoms with van der Waals surface area (Å²) < 4.78 is 18.6. The van der Waals surface area contributed by atoms with E-state index in [1.54, 1.807) is 26.0 Å². The third kappa shape index (κ3) is 4.47. The van der Waals surface area contributed by atoms with Gasteiger partial charge in [-0.2, -0.15) is 0 Å². The van der Waals surface area contributed by atoms with Crippen LogP contribution in [0.25, 0.3) is 0 Å². The van der Waals surface area contributed by atoms with Gasteiger partial charge in [0, 0.05) is 64.1 Å². The van der Waals surface area contributed by atoms with Gasteiger partial charge in [-0.15, -0.1) is 0 Å². The van der Waals surface area contributed by atoms with Gasteiger partial charge in [0.15, 0.2) is 5.41 Å². The molecule has 4 heterocycles. The number of fused-ring (bicyclic) bond motifs is 4. The summed E-state index contributed by atoms with van der Waals surface area (Å²) in [6, 6.07) is 12.9. The van der Waals surface area contributed by atoms with Crippen molar-refractivity contribution >= 4 is 11.9 Å². The molecule has 0 saturated carbocycles. The van der Waals surface area contributed by atoms with Crippen LogP contribution in [0.5, 0.6) is 5.75 Å². The molecule has 0 unspecified atom stereocenters. The second kappa shape index (κ2) is 8.82. The Morgan fingerprint density at radius 1 is 0.971 bits per heavy atom. The number of piperidine rings is 1. The lowest BCUT2D eigenvalue weighted by atomic mass is 9.77. The number of ether oxygens (including phenoxy) is 3. The Morgan fingerprint density at radius 2 is 1.69 bits per heavy atom. The van der Waals surface area contributed by atoms with Gasteiger partial charge in [0.25, 0.3) is 11.3 Å². The zero-order valence-corrected chi connectivity index (χ0v) is 20.5. The first-order valence-corrected chi connectivity index (χ1v) is 12.3. The van der Waals surface area contributed by atoms with Crippen LogP contribution < -0.4 is 10.3 Å². The molecule has 2 atom stereocenters. The quantitative estimate of drug-likeness (QED) is 0.464. The van der Waals surface area contributed by atoms with E-state index in [4.69, 9.17) is 14.2 Å². The molecule has 0 aliphatic carbocycles. The molecule has 1 aromatic heterocycles. The first-order valence-electron chi connectivity index (χ1n) is 12.3. The number of carbonyl (C=O) groups excluding carboxylic acids is 2. The van der Waals surface area contributed by atoms with E-state index in [1.807, 2.05) is 41.8 Å². The van der Waals surface area contributed by atoms with Gasteiger partial charge in [-0.1, -0.05) is 18.2 Å². The molecule has 0 amide bonds. The van der Waals surface area contributed by atoms with E-state index in [1.165, 1.54) is 0 Å². The van der Waals surface area contributed by atoms with Crippen LogP contribution in [0.15, 0.2) is 47.3 Å². The van der Waals surface area contributed by atoms with E-state index in [-0.39, 0.29) is 30.4 Å². The lowest BCUT2D eigenvalue weighted by Crippen LogP contribution is -2.61. The molecular formula is C27H32N2O6. The Labute approximate surface area is 204 Å². The molecule has 186 valence electrons. The number of nitrogens with zero attached hydrogens (tertiary/aromatic N) is 2. The van der Waals surface area contributed by atoms with Crippen molar-refractivity contribution in [2.45, 2.75) is 51.9 Å². The van der Waals surface area contributed by atoms with E-state index in [2.05, 4.69) is 4.90 Å². The molecule has 2 aromatic rings. The highest BCUT2D eigenvalue weighted by Gasteiger charge is 2.57. The summed E-state index contributed by atoms with van der Waals surface area (Å²) in [5, 5.41) is 0. The monoisotopic (exact) mass is 480 g/mol. The van der Waals surface area contributed by atoms with E-state index >= 15 is 0 Å². The van der Waals surface area contributed by atoms with E-state index in [9.17, 15) is 14.4 Å². The number of rotatable bonds is 6. The fourth-order valence-corrected chi connectivity index (χ4v) is 5.80. The number of aromatic nitrogens is 1. The number of hydrogen-bond donors (Lipinski definition) is 0. The molecule has 3 aliphatic rings. The Kier molecular flexibility index (Phi) is 5.95. The van der Waals surface area contributed by atoms with Crippen LogP contribution >= 0.6 is 0 Å². The molecule has 3 aliphatic heterocycles. The lowest BCUT2D eigenvalue weighted by Gasteiger charge is -2.47. The highest BCUT2D eigenvalue weighted by atomic mass is 16.7. The topological polar surface area (TPSA) is 87.1 Å². The minimum absolute atomic E-state index is 0.0271. The molecule has 0 radical (unpaired) electrons. The van der Waals surface area contributed by atoms with Crippen molar-refractivity contribution in [1.29, 1.82) is 0 Å². The van der Waals surface area contributed by atoms with Gasteiger partial charge in [0.2, 0.25) is 0 Å². The van der Waals surface area contributed by atoms with Gasteiger partial charge in [0.05, 0.1) is 6.61 Å². The number of cyclic esters (lactones) is 2. The van der Waals surface area contributed by atoms with Gasteiger partial charge in [-0.25, -0.2) is 0 Å². The summed E-state index contributed by atoms with van der Waals surface area (Å²) in [4.78, 5) is 41.5. The molecule has 8 nitrogen and oxygen atoms in total. The summed E-state index contributed by atoms with van der Waals surface area (Å²) >= 11 is 0. The number of esters is 2. The largest absolute Gasteiger partial charge is 0.494 e. The van der Waals surface area contributed by atoms with Gasteiger partial charge in [-0.05, 0) is 43.0 Å². The SMILES string of the molecule is CCOc1ccc(CC2(CN3C[C@@H]4C[C@H](C3)c3cccc(=O)n3C4)C(=O)OC(C)(C)OC2=O)cc1. The highest BCUT2D eigenvalue weighted by Crippen LogP contribution is 2.40. The fraction of sp³-hybridized carbons (Fsp3) is 0.519. The maximum atomic E-state index is 13.5. The smallest absolute Gasteiger partial charge is 0.328 e. The maximum absolute atomic E-state index is 13.5. The summed E-state index contributed by atoms with van der Waals surface area (Å²) in [6.07, 6.45) is 1.17. The standard InChI is InChI=1S/C27H32N2O6/c1-4-33-21-10-8-18(9-11-21)13-27(24(31)34-26(2,3)35-25(27)32)17-28-14-19-12-20(16-28)22-6-5-7-23(30)29(22)15-19/h5-11,19-20H,4,12-17H2,1-3H3/t19-,20+/m0/s1. The Bertz CT molecular complexity index is 1160. The zero-order valence-electron chi connectivity index (χ0n) is 20.5. The predicted molar refractivity (Wildman–Crippen MR) is 128 cm³/mol. The van der Waals surface area contributed by atoms with Gasteiger partial charge < -0.3 is 23.7 Å². The van der Waals surface area contributed by atoms with Gasteiger partial charge in [-0.3, -0.25) is 14.4 Å². The maximum Gasteiger partial charge on any atom is 0.328 e. The molecule has 35 heavy (non-hydrogen) atoms. The van der Waals surface area contributed by atoms with Crippen molar-refractivity contribution in [3.63, 3.8) is 0 Å². The van der Waals surface area contributed by atoms with E-state index < -0.39 is 23.1 Å². The first kappa shape index (κ1) is 23.6. The van der Waals surface area contributed by atoms with Crippen molar-refractivity contribution in [3.05, 3.63) is 64.1 Å². The van der Waals surface area contributed by atoms with Crippen molar-refractivity contribution in [2.75, 3.05) is 26.2 Å². The van der Waals surface area contributed by atoms with Crippen LogP contribution in [0, 0.1) is 11.3 Å². The summed E-state index contributed by atoms with van der Waals surface area (Å²) in [5.74, 6) is -1.23. The summed E-state index contributed by atoms with van der Waals surface area (Å²) in [5.41, 5.74) is 0.411. The average Bonchev–Trinajstić information content (AvgIpc) is 2.79. The van der Waals surface area contributed by atoms with E-state index in [0.29, 0.717) is 26.2 Å². The number of pyridine rings is 1. The van der Waals surface area contributed by atoms with Crippen molar-refractivity contribution in [2.24, 2.45) is 11.3 Å². The Balaban J connectivity index is 1.43. The predicted octanol–water partition coefficient (Wildman–Crippen LogP) is 2.73. The molecule has 2 bridgehead atoms. The Morgan fingerprint density at radius 3 is 2.37 bits per heavy atom. The molecule has 2 saturated heterocycles. The minimum atomic E-state index is -1.47. The second-order valence-electron chi connectivity index (χ2n) is 10.4. The molecule has 2 fully saturated rings. The molecule has 1 aromatic carbocycles. The molecule has 5 rings (SSSR count). The van der Waals surface area contributed by atoms with Gasteiger partial charge in [0.1, 0.15) is 5.75 Å². The van der Waals surface area contributed by atoms with Gasteiger partial charge >= 0.3 is 11.9 Å². The number of likely N-dealkylation sites (tertiary alicyclic amines) is 1. The summed E-state index contributed by atoms with van der Waals surface area (Å²) in [7, 11) is 0. The van der Waals surface area contributed by atoms with Crippen LogP contribution in [0.4, 0.5) is 0 Å². The fourth-order valence-electron chi connectivity index (χ4n) is 5.80. The van der Waals surface area contributed by atoms with Crippen LogP contribution in [-0.4, -0.2) is 53.4 Å². The van der Waals surface area contributed by atoms with Crippen molar-refractivity contribution < 1.29 is 23.8 Å². The third-order valence-corrected chi connectivity index (χ3v) is 7.25. The normalized spacial score (nSPS) is 24.8. The van der Waals surface area contributed by atoms with Crippen LogP contribution in [0.1, 0.15) is 44.4 Å². The van der Waals surface area contributed by atoms with Crippen LogP contribution in [-0.2, 0) is 32.0 Å².